The molecule has 0 saturated carbocycles. The number of thiophene rings is 1. The Hall–Kier alpha value is -19.3. The van der Waals surface area contributed by atoms with Crippen LogP contribution in [0.3, 0.4) is 0 Å². The maximum absolute atomic E-state index is 5.64. The van der Waals surface area contributed by atoms with Crippen molar-refractivity contribution in [1.29, 1.82) is 0 Å². The van der Waals surface area contributed by atoms with Crippen molar-refractivity contribution in [2.75, 3.05) is 0 Å². The zero-order chi connectivity index (χ0) is 98.9. The van der Waals surface area contributed by atoms with E-state index in [4.69, 9.17) is 4.42 Å². The molecule has 700 valence electrons. The van der Waals surface area contributed by atoms with Gasteiger partial charge in [0.15, 0.2) is 11.6 Å². The highest BCUT2D eigenvalue weighted by molar-refractivity contribution is 7.18. The third kappa shape index (κ3) is 20.0. The normalized spacial score (nSPS) is 11.1. The lowest BCUT2D eigenvalue weighted by Crippen LogP contribution is -1.94. The Morgan fingerprint density at radius 3 is 1.01 bits per heavy atom. The van der Waals surface area contributed by atoms with E-state index in [9.17, 15) is 0 Å². The van der Waals surface area contributed by atoms with Crippen molar-refractivity contribution in [3.8, 4) is 33.9 Å². The number of nitrogens with one attached hydrogen (secondary N) is 1. The number of aromatic amines is 1. The zero-order valence-corrected chi connectivity index (χ0v) is 81.8. The highest BCUT2D eigenvalue weighted by Crippen LogP contribution is 2.43. The molecule has 1 N–H and O–H groups in total. The first-order valence-electron chi connectivity index (χ1n) is 49.8. The van der Waals surface area contributed by atoms with Gasteiger partial charge >= 0.3 is 0 Å². The standard InChI is InChI=1S/C19H13N.C18H12.C16H10O.C16H10S.C15H11N3.2C14H10.C10H8.C9H7N.C8H6N2/c1-2-6-14-12(5-1)9-13-10-17-15-7-3-4-8-18(15)20-19(17)11-16(13)14;1-2-8-14-13(7-1)15-9-3-4-11-17(15)18-12-6-5-10-16(14)18;2*1-2-7-13-11(5-1)12-6-3-4-8-14(12)16-15(13)9-10-17-16;1-3-7-12(8-4-1)14-16-11-17-15(18-14)13-9-5-2-6-10-13;1-3-7-13-11(5-1)9-10-12-6-2-4-8-14(12)13;1-2-6-12-10-14-8-4-3-7-13(14)9-11(12)5-1;1-2-6-10-8-4-3-7-9(10)5-1;1-2-6-9-8(4-1)5-3-7-10-9;1-2-4-8-7(3-1)9-5-6-10-8/h1-8,10-11,20H,9H2;1-12H;2*1-10H;1-11H;2*1-10H;1-8H;1-7H;1-6H. The van der Waals surface area contributed by atoms with Crippen molar-refractivity contribution < 1.29 is 4.42 Å². The number of fused-ring (bicyclic) bond motifs is 32. The molecule has 25 aromatic carbocycles. The number of hydrogen-bond acceptors (Lipinski definition) is 8. The first-order chi connectivity index (χ1) is 73.5. The molecule has 0 aliphatic heterocycles. The van der Waals surface area contributed by atoms with Crippen molar-refractivity contribution in [2.45, 2.75) is 6.42 Å². The molecule has 6 heterocycles. The quantitative estimate of drug-likeness (QED) is 0.136. The molecule has 0 bridgehead atoms. The van der Waals surface area contributed by atoms with Gasteiger partial charge in [0.1, 0.15) is 11.9 Å². The monoisotopic (exact) mass is 1910 g/mol. The third-order valence-electron chi connectivity index (χ3n) is 27.2. The minimum atomic E-state index is 0.699. The van der Waals surface area contributed by atoms with Gasteiger partial charge in [0.05, 0.1) is 22.8 Å². The van der Waals surface area contributed by atoms with Crippen molar-refractivity contribution in [1.82, 2.24) is 34.9 Å². The molecule has 31 aromatic rings. The van der Waals surface area contributed by atoms with E-state index in [2.05, 4.69) is 459 Å². The van der Waals surface area contributed by atoms with Crippen LogP contribution in [0, 0.1) is 0 Å². The van der Waals surface area contributed by atoms with Gasteiger partial charge in [-0.15, -0.1) is 11.3 Å². The summed E-state index contributed by atoms with van der Waals surface area (Å²) in [5.41, 5.74) is 14.1. The molecule has 148 heavy (non-hydrogen) atoms. The zero-order valence-electron chi connectivity index (χ0n) is 81.0. The first-order valence-corrected chi connectivity index (χ1v) is 50.7. The topological polar surface area (TPSA) is 106 Å². The summed E-state index contributed by atoms with van der Waals surface area (Å²) in [6.45, 7) is 0. The van der Waals surface area contributed by atoms with Crippen molar-refractivity contribution in [3.63, 3.8) is 0 Å². The van der Waals surface area contributed by atoms with Crippen LogP contribution in [0.25, 0.3) is 228 Å². The average molecular weight is 1910 g/mol. The maximum atomic E-state index is 5.64. The lowest BCUT2D eigenvalue weighted by Gasteiger charge is -2.09. The summed E-state index contributed by atoms with van der Waals surface area (Å²) >= 11 is 1.83. The van der Waals surface area contributed by atoms with Gasteiger partial charge in [-0.25, -0.2) is 15.0 Å². The molecule has 0 spiro atoms. The van der Waals surface area contributed by atoms with Gasteiger partial charge in [-0.2, -0.15) is 0 Å². The fourth-order valence-corrected chi connectivity index (χ4v) is 21.1. The second kappa shape index (κ2) is 43.6. The molecule has 0 unspecified atom stereocenters. The van der Waals surface area contributed by atoms with Crippen LogP contribution in [-0.4, -0.2) is 34.9 Å². The molecule has 0 radical (unpaired) electrons. The Morgan fingerprint density at radius 1 is 0.203 bits per heavy atom. The van der Waals surface area contributed by atoms with E-state index in [0.717, 1.165) is 39.7 Å². The highest BCUT2D eigenvalue weighted by atomic mass is 32.1. The Labute approximate surface area is 860 Å². The van der Waals surface area contributed by atoms with E-state index >= 15 is 0 Å². The van der Waals surface area contributed by atoms with Crippen molar-refractivity contribution >= 4 is 205 Å². The van der Waals surface area contributed by atoms with Gasteiger partial charge in [-0.3, -0.25) is 15.0 Å². The van der Waals surface area contributed by atoms with Gasteiger partial charge in [0.25, 0.3) is 0 Å². The number of H-pyrrole nitrogens is 1. The summed E-state index contributed by atoms with van der Waals surface area (Å²) in [7, 11) is 0. The van der Waals surface area contributed by atoms with E-state index in [1.807, 2.05) is 133 Å². The second-order valence-corrected chi connectivity index (χ2v) is 37.1. The smallest absolute Gasteiger partial charge is 0.163 e. The third-order valence-corrected chi connectivity index (χ3v) is 28.2. The fraction of sp³-hybridized carbons (Fsp3) is 0.00719. The predicted molar refractivity (Wildman–Crippen MR) is 630 cm³/mol. The van der Waals surface area contributed by atoms with Gasteiger partial charge < -0.3 is 9.40 Å². The first kappa shape index (κ1) is 92.4. The van der Waals surface area contributed by atoms with Crippen molar-refractivity contribution in [3.05, 3.63) is 582 Å². The molecule has 0 amide bonds. The number of pyridine rings is 1. The van der Waals surface area contributed by atoms with Crippen LogP contribution in [0.15, 0.2) is 575 Å². The summed E-state index contributed by atoms with van der Waals surface area (Å²) in [6, 6.07) is 186. The summed E-state index contributed by atoms with van der Waals surface area (Å²) in [5, 5.41) is 40.3. The van der Waals surface area contributed by atoms with Crippen LogP contribution in [0.1, 0.15) is 11.1 Å². The Kier molecular flexibility index (Phi) is 27.2. The van der Waals surface area contributed by atoms with Crippen LogP contribution < -0.4 is 0 Å². The molecule has 0 fully saturated rings. The number of rotatable bonds is 2. The van der Waals surface area contributed by atoms with Crippen LogP contribution in [0.5, 0.6) is 0 Å². The molecule has 1 aliphatic rings. The minimum Gasteiger partial charge on any atom is -0.464 e. The van der Waals surface area contributed by atoms with Crippen LogP contribution in [0.2, 0.25) is 0 Å². The molecular formula is C139H97N7OS. The number of benzene rings is 25. The molecule has 32 rings (SSSR count). The van der Waals surface area contributed by atoms with Crippen LogP contribution >= 0.6 is 11.3 Å². The lowest BCUT2D eigenvalue weighted by molar-refractivity contribution is 0.619. The number of furan rings is 1. The largest absolute Gasteiger partial charge is 0.464 e. The molecule has 9 heteroatoms. The van der Waals surface area contributed by atoms with E-state index in [1.165, 1.54) is 194 Å². The van der Waals surface area contributed by atoms with Crippen LogP contribution in [0.4, 0.5) is 0 Å². The summed E-state index contributed by atoms with van der Waals surface area (Å²) in [5.74, 6) is 1.40. The number of aromatic nitrogens is 7. The average Bonchev–Trinajstić information content (AvgIpc) is 1.28. The Balaban J connectivity index is 0.0000000911. The summed E-state index contributed by atoms with van der Waals surface area (Å²) in [6.07, 6.45) is 9.58. The van der Waals surface area contributed by atoms with Crippen LogP contribution in [-0.2, 0) is 6.42 Å². The van der Waals surface area contributed by atoms with Gasteiger partial charge in [0, 0.05) is 83.2 Å². The Bertz CT molecular complexity index is 9070. The maximum Gasteiger partial charge on any atom is 0.163 e. The van der Waals surface area contributed by atoms with E-state index in [0.29, 0.717) is 11.6 Å². The molecule has 1 aliphatic carbocycles. The molecular weight excluding hydrogens is 1820 g/mol. The lowest BCUT2D eigenvalue weighted by atomic mass is 9.95. The highest BCUT2D eigenvalue weighted by Gasteiger charge is 2.21. The second-order valence-electron chi connectivity index (χ2n) is 36.2. The van der Waals surface area contributed by atoms with Gasteiger partial charge in [-0.1, -0.05) is 467 Å². The SMILES string of the molecule is c1ccc(-c2ncnc(-c3ccccc3)n2)cc1.c1ccc2c(c1)Cc1cc3c(cc1-2)[nH]c1ccccc13.c1ccc2c(c1)c1ccccc1c1ccccc21.c1ccc2c(c1)c1ccccc1c1occc21.c1ccc2c(c1)c1ccccc1c1sccc21.c1ccc2c(c1)ccc1ccccc12.c1ccc2cc3ccccc3cc2c1.c1ccc2ccccc2c1.c1ccc2ncccc2c1.c1ccc2nccnc2c1. The summed E-state index contributed by atoms with van der Waals surface area (Å²) < 4.78 is 7.04. The fourth-order valence-electron chi connectivity index (χ4n) is 20.2. The summed E-state index contributed by atoms with van der Waals surface area (Å²) in [4.78, 5) is 28.9. The molecule has 8 nitrogen and oxygen atoms in total. The molecule has 0 saturated heterocycles. The molecule has 0 atom stereocenters. The van der Waals surface area contributed by atoms with Gasteiger partial charge in [0.2, 0.25) is 0 Å². The predicted octanol–water partition coefficient (Wildman–Crippen LogP) is 37.9. The minimum absolute atomic E-state index is 0.699. The number of nitrogens with zero attached hydrogens (tertiary/aromatic N) is 6. The number of hydrogen-bond donors (Lipinski definition) is 1. The van der Waals surface area contributed by atoms with E-state index in [-0.39, 0.29) is 0 Å². The number of para-hydroxylation sites is 4. The Morgan fingerprint density at radius 2 is 0.541 bits per heavy atom. The molecule has 6 aromatic heterocycles. The van der Waals surface area contributed by atoms with E-state index < -0.39 is 0 Å². The van der Waals surface area contributed by atoms with Crippen molar-refractivity contribution in [2.24, 2.45) is 0 Å². The van der Waals surface area contributed by atoms with Gasteiger partial charge in [-0.05, 0) is 219 Å². The van der Waals surface area contributed by atoms with E-state index in [1.54, 1.807) is 25.0 Å².